The van der Waals surface area contributed by atoms with Crippen LogP contribution in [0.3, 0.4) is 0 Å². The first-order valence-corrected chi connectivity index (χ1v) is 9.84. The monoisotopic (exact) mass is 404 g/mol. The van der Waals surface area contributed by atoms with Crippen LogP contribution < -0.4 is 10.5 Å². The van der Waals surface area contributed by atoms with Crippen LogP contribution in [0.15, 0.2) is 73.3 Å². The number of aliphatic hydroxyl groups excluding tert-OH is 1. The summed E-state index contributed by atoms with van der Waals surface area (Å²) >= 11 is 0. The van der Waals surface area contributed by atoms with E-state index in [2.05, 4.69) is 15.6 Å². The van der Waals surface area contributed by atoms with Gasteiger partial charge in [-0.05, 0) is 35.6 Å². The SMILES string of the molecule is NC(=O)c1cn([C@@H](CO)CCn2ccc3ccc(OCc4ccccc4)cc32)cn1. The van der Waals surface area contributed by atoms with Crippen molar-refractivity contribution in [3.63, 3.8) is 0 Å². The van der Waals surface area contributed by atoms with Gasteiger partial charge in [-0.15, -0.1) is 0 Å². The van der Waals surface area contributed by atoms with E-state index in [1.165, 1.54) is 6.33 Å². The summed E-state index contributed by atoms with van der Waals surface area (Å²) in [6.07, 6.45) is 5.81. The molecule has 7 heteroatoms. The third-order valence-electron chi connectivity index (χ3n) is 5.18. The van der Waals surface area contributed by atoms with Crippen molar-refractivity contribution >= 4 is 16.8 Å². The zero-order valence-electron chi connectivity index (χ0n) is 16.5. The van der Waals surface area contributed by atoms with Crippen molar-refractivity contribution in [2.45, 2.75) is 25.6 Å². The lowest BCUT2D eigenvalue weighted by atomic mass is 10.2. The third-order valence-corrected chi connectivity index (χ3v) is 5.18. The molecule has 0 aliphatic carbocycles. The van der Waals surface area contributed by atoms with Crippen LogP contribution >= 0.6 is 0 Å². The number of imidazole rings is 1. The number of fused-ring (bicyclic) bond motifs is 1. The molecule has 2 aromatic carbocycles. The Morgan fingerprint density at radius 1 is 1.17 bits per heavy atom. The average Bonchev–Trinajstić information content (AvgIpc) is 3.41. The summed E-state index contributed by atoms with van der Waals surface area (Å²) in [6, 6.07) is 18.0. The Morgan fingerprint density at radius 3 is 2.73 bits per heavy atom. The van der Waals surface area contributed by atoms with Gasteiger partial charge in [0.2, 0.25) is 0 Å². The molecular weight excluding hydrogens is 380 g/mol. The molecule has 2 heterocycles. The largest absolute Gasteiger partial charge is 0.489 e. The van der Waals surface area contributed by atoms with E-state index < -0.39 is 5.91 Å². The molecule has 0 aliphatic rings. The highest BCUT2D eigenvalue weighted by molar-refractivity contribution is 5.90. The number of hydrogen-bond acceptors (Lipinski definition) is 4. The van der Waals surface area contributed by atoms with Gasteiger partial charge in [0.1, 0.15) is 18.1 Å². The van der Waals surface area contributed by atoms with Gasteiger partial charge >= 0.3 is 0 Å². The van der Waals surface area contributed by atoms with E-state index in [0.29, 0.717) is 19.6 Å². The number of aliphatic hydroxyl groups is 1. The number of nitrogens with two attached hydrogens (primary N) is 1. The van der Waals surface area contributed by atoms with Crippen molar-refractivity contribution in [2.24, 2.45) is 5.73 Å². The number of carbonyl (C=O) groups is 1. The molecule has 3 N–H and O–H groups in total. The molecular formula is C23H24N4O3. The first-order valence-electron chi connectivity index (χ1n) is 9.84. The molecule has 1 atom stereocenters. The Balaban J connectivity index is 1.46. The Morgan fingerprint density at radius 2 is 2.00 bits per heavy atom. The summed E-state index contributed by atoms with van der Waals surface area (Å²) < 4.78 is 9.83. The van der Waals surface area contributed by atoms with E-state index in [9.17, 15) is 9.90 Å². The number of ether oxygens (including phenoxy) is 1. The van der Waals surface area contributed by atoms with Crippen LogP contribution in [0.2, 0.25) is 0 Å². The number of primary amides is 1. The van der Waals surface area contributed by atoms with Crippen molar-refractivity contribution < 1.29 is 14.6 Å². The topological polar surface area (TPSA) is 95.3 Å². The second kappa shape index (κ2) is 8.84. The molecule has 1 amide bonds. The average molecular weight is 404 g/mol. The van der Waals surface area contributed by atoms with Crippen LogP contribution in [0.25, 0.3) is 10.9 Å². The van der Waals surface area contributed by atoms with Crippen molar-refractivity contribution in [3.8, 4) is 5.75 Å². The standard InChI is InChI=1S/C23H24N4O3/c24-23(29)21-13-27(16-25-21)19(14-28)9-11-26-10-8-18-6-7-20(12-22(18)26)30-15-17-4-2-1-3-5-17/h1-8,10,12-13,16,19,28H,9,11,14-15H2,(H2,24,29)/t19-/m1/s1. The van der Waals surface area contributed by atoms with Crippen molar-refractivity contribution in [3.05, 3.63) is 84.6 Å². The lowest BCUT2D eigenvalue weighted by molar-refractivity contribution is 0.0995. The zero-order chi connectivity index (χ0) is 20.9. The second-order valence-corrected chi connectivity index (χ2v) is 7.20. The van der Waals surface area contributed by atoms with Crippen molar-refractivity contribution in [1.82, 2.24) is 14.1 Å². The molecule has 0 saturated carbocycles. The van der Waals surface area contributed by atoms with Gasteiger partial charge in [-0.25, -0.2) is 4.98 Å². The van der Waals surface area contributed by atoms with E-state index in [-0.39, 0.29) is 18.3 Å². The minimum Gasteiger partial charge on any atom is -0.489 e. The maximum absolute atomic E-state index is 11.3. The van der Waals surface area contributed by atoms with E-state index >= 15 is 0 Å². The highest BCUT2D eigenvalue weighted by Crippen LogP contribution is 2.24. The molecule has 0 bridgehead atoms. The molecule has 4 aromatic rings. The van der Waals surface area contributed by atoms with Crippen LogP contribution in [0, 0.1) is 0 Å². The summed E-state index contributed by atoms with van der Waals surface area (Å²) in [4.78, 5) is 15.3. The third kappa shape index (κ3) is 4.36. The maximum atomic E-state index is 11.3. The number of nitrogens with zero attached hydrogens (tertiary/aromatic N) is 3. The lowest BCUT2D eigenvalue weighted by Gasteiger charge is -2.16. The molecule has 0 aliphatic heterocycles. The predicted molar refractivity (Wildman–Crippen MR) is 114 cm³/mol. The minimum absolute atomic E-state index is 0.0563. The molecule has 2 aromatic heterocycles. The normalized spacial score (nSPS) is 12.2. The molecule has 0 spiro atoms. The molecule has 4 rings (SSSR count). The van der Waals surface area contributed by atoms with Crippen LogP contribution in [-0.4, -0.2) is 31.7 Å². The number of hydrogen-bond donors (Lipinski definition) is 2. The van der Waals surface area contributed by atoms with Crippen molar-refractivity contribution in [2.75, 3.05) is 6.61 Å². The van der Waals surface area contributed by atoms with Gasteiger partial charge < -0.3 is 24.7 Å². The molecule has 0 unspecified atom stereocenters. The Bertz CT molecular complexity index is 1130. The number of aryl methyl sites for hydroxylation is 1. The van der Waals surface area contributed by atoms with Gasteiger partial charge in [0.25, 0.3) is 5.91 Å². The summed E-state index contributed by atoms with van der Waals surface area (Å²) in [5.74, 6) is 0.232. The maximum Gasteiger partial charge on any atom is 0.268 e. The Labute approximate surface area is 174 Å². The van der Waals surface area contributed by atoms with Gasteiger partial charge in [-0.2, -0.15) is 0 Å². The quantitative estimate of drug-likeness (QED) is 0.448. The summed E-state index contributed by atoms with van der Waals surface area (Å²) in [5, 5.41) is 10.9. The Hall–Kier alpha value is -3.58. The fourth-order valence-electron chi connectivity index (χ4n) is 3.48. The fraction of sp³-hybridized carbons (Fsp3) is 0.217. The van der Waals surface area contributed by atoms with Crippen LogP contribution in [0.4, 0.5) is 0 Å². The summed E-state index contributed by atoms with van der Waals surface area (Å²) in [6.45, 7) is 1.16. The molecule has 0 fully saturated rings. The number of carbonyl (C=O) groups excluding carboxylic acids is 1. The van der Waals surface area contributed by atoms with Crippen LogP contribution in [-0.2, 0) is 13.2 Å². The minimum atomic E-state index is -0.579. The van der Waals surface area contributed by atoms with Crippen LogP contribution in [0.1, 0.15) is 28.5 Å². The summed E-state index contributed by atoms with van der Waals surface area (Å²) in [7, 11) is 0. The highest BCUT2D eigenvalue weighted by atomic mass is 16.5. The molecule has 0 saturated heterocycles. The number of rotatable bonds is 9. The van der Waals surface area contributed by atoms with Crippen LogP contribution in [0.5, 0.6) is 5.75 Å². The van der Waals surface area contributed by atoms with Gasteiger partial charge in [0, 0.05) is 25.0 Å². The van der Waals surface area contributed by atoms with Gasteiger partial charge in [0.05, 0.1) is 24.5 Å². The predicted octanol–water partition coefficient (Wildman–Crippen LogP) is 3.14. The van der Waals surface area contributed by atoms with E-state index in [4.69, 9.17) is 10.5 Å². The smallest absolute Gasteiger partial charge is 0.268 e. The molecule has 154 valence electrons. The van der Waals surface area contributed by atoms with Crippen molar-refractivity contribution in [1.29, 1.82) is 0 Å². The van der Waals surface area contributed by atoms with E-state index in [1.54, 1.807) is 10.8 Å². The second-order valence-electron chi connectivity index (χ2n) is 7.20. The summed E-state index contributed by atoms with van der Waals surface area (Å²) in [5.41, 5.74) is 7.65. The molecule has 30 heavy (non-hydrogen) atoms. The molecule has 0 radical (unpaired) electrons. The first kappa shape index (κ1) is 19.7. The van der Waals surface area contributed by atoms with E-state index in [1.807, 2.05) is 54.7 Å². The molecule has 7 nitrogen and oxygen atoms in total. The number of benzene rings is 2. The van der Waals surface area contributed by atoms with E-state index in [0.717, 1.165) is 22.2 Å². The highest BCUT2D eigenvalue weighted by Gasteiger charge is 2.14. The Kier molecular flexibility index (Phi) is 5.81. The lowest BCUT2D eigenvalue weighted by Crippen LogP contribution is -2.15. The van der Waals surface area contributed by atoms with Gasteiger partial charge in [-0.3, -0.25) is 4.79 Å². The first-order chi connectivity index (χ1) is 14.6. The van der Waals surface area contributed by atoms with Gasteiger partial charge in [-0.1, -0.05) is 30.3 Å². The van der Waals surface area contributed by atoms with Gasteiger partial charge in [0.15, 0.2) is 0 Å². The zero-order valence-corrected chi connectivity index (χ0v) is 16.5. The number of aromatic nitrogens is 3. The number of amides is 1. The fourth-order valence-corrected chi connectivity index (χ4v) is 3.48.